The Kier molecular flexibility index (Phi) is 6.57. The van der Waals surface area contributed by atoms with E-state index in [4.69, 9.17) is 11.0 Å². The first-order valence-corrected chi connectivity index (χ1v) is 11.0. The molecule has 0 saturated carbocycles. The Balaban J connectivity index is 2.32. The molecule has 1 saturated heterocycles. The molecule has 182 valence electrons. The lowest BCUT2D eigenvalue weighted by molar-refractivity contribution is -0.137. The first kappa shape index (κ1) is 25.3. The highest BCUT2D eigenvalue weighted by Crippen LogP contribution is 2.43. The van der Waals surface area contributed by atoms with E-state index in [1.807, 2.05) is 0 Å². The van der Waals surface area contributed by atoms with E-state index >= 15 is 0 Å². The molecule has 0 aromatic heterocycles. The summed E-state index contributed by atoms with van der Waals surface area (Å²) in [7, 11) is -5.37. The van der Waals surface area contributed by atoms with Crippen LogP contribution in [0.1, 0.15) is 16.7 Å². The molecule has 1 fully saturated rings. The Morgan fingerprint density at radius 3 is 2.09 bits per heavy atom. The number of anilines is 2. The van der Waals surface area contributed by atoms with E-state index in [-0.39, 0.29) is 17.1 Å². The second kappa shape index (κ2) is 8.82. The van der Waals surface area contributed by atoms with E-state index in [0.29, 0.717) is 22.6 Å². The first-order chi connectivity index (χ1) is 15.9. The fourth-order valence-electron chi connectivity index (χ4n) is 3.73. The predicted octanol–water partition coefficient (Wildman–Crippen LogP) is 2.74. The number of halogens is 5. The summed E-state index contributed by atoms with van der Waals surface area (Å²) in [6.45, 7) is -3.48. The molecule has 3 rings (SSSR count). The SMILES string of the molecule is N#Cc1ccc(N2C(=O)C(CF)(CF)N(c3ccc(CN)cc3)C2S(=O)(=O)O)cc1C(F)(F)F. The van der Waals surface area contributed by atoms with E-state index in [1.54, 1.807) is 0 Å². The zero-order valence-electron chi connectivity index (χ0n) is 17.1. The van der Waals surface area contributed by atoms with Crippen LogP contribution in [0.2, 0.25) is 0 Å². The fourth-order valence-corrected chi connectivity index (χ4v) is 4.80. The Labute approximate surface area is 190 Å². The molecule has 1 amide bonds. The van der Waals surface area contributed by atoms with Crippen LogP contribution in [0, 0.1) is 11.3 Å². The molecule has 14 heteroatoms. The third-order valence-corrected chi connectivity index (χ3v) is 6.34. The van der Waals surface area contributed by atoms with E-state index in [9.17, 15) is 39.7 Å². The number of nitriles is 1. The molecule has 1 unspecified atom stereocenters. The minimum Gasteiger partial charge on any atom is -0.326 e. The van der Waals surface area contributed by atoms with Gasteiger partial charge in [0, 0.05) is 17.9 Å². The molecule has 0 radical (unpaired) electrons. The van der Waals surface area contributed by atoms with Gasteiger partial charge in [-0.2, -0.15) is 26.9 Å². The fraction of sp³-hybridized carbons (Fsp3) is 0.300. The molecule has 2 aromatic rings. The van der Waals surface area contributed by atoms with Gasteiger partial charge in [-0.05, 0) is 35.9 Å². The third kappa shape index (κ3) is 4.06. The van der Waals surface area contributed by atoms with Crippen molar-refractivity contribution in [3.8, 4) is 6.07 Å². The monoisotopic (exact) mass is 504 g/mol. The highest BCUT2D eigenvalue weighted by molar-refractivity contribution is 7.86. The van der Waals surface area contributed by atoms with Gasteiger partial charge in [0.2, 0.25) is 5.50 Å². The zero-order chi connectivity index (χ0) is 25.5. The molecule has 0 bridgehead atoms. The molecular formula is C20H17F5N4O4S. The quantitative estimate of drug-likeness (QED) is 0.457. The molecule has 0 aliphatic carbocycles. The molecule has 1 aliphatic rings. The number of carbonyl (C=O) groups excluding carboxylic acids is 1. The normalized spacial score (nSPS) is 18.3. The Morgan fingerprint density at radius 1 is 1.09 bits per heavy atom. The molecule has 0 spiro atoms. The van der Waals surface area contributed by atoms with Gasteiger partial charge in [0.15, 0.2) is 5.54 Å². The Hall–Kier alpha value is -3.28. The van der Waals surface area contributed by atoms with Crippen molar-refractivity contribution in [1.82, 2.24) is 0 Å². The van der Waals surface area contributed by atoms with E-state index in [1.165, 1.54) is 30.3 Å². The van der Waals surface area contributed by atoms with Gasteiger partial charge in [-0.25, -0.2) is 8.78 Å². The number of nitrogens with two attached hydrogens (primary N) is 1. The standard InChI is InChI=1S/C20H17F5N4O4S/c21-10-19(11-22)17(30)28(15-6-3-13(9-27)16(7-15)20(23,24)25)18(34(31,32)33)29(19)14-4-1-12(8-26)2-5-14/h1-7,18H,8,10-11,26H2,(H,31,32,33). The van der Waals surface area contributed by atoms with E-state index in [0.717, 1.165) is 6.07 Å². The van der Waals surface area contributed by atoms with Crippen LogP contribution in [0.3, 0.4) is 0 Å². The molecule has 2 aromatic carbocycles. The van der Waals surface area contributed by atoms with Crippen LogP contribution in [0.4, 0.5) is 33.3 Å². The average Bonchev–Trinajstić information content (AvgIpc) is 3.07. The Bertz CT molecular complexity index is 1240. The number of hydrogen-bond donors (Lipinski definition) is 2. The van der Waals surface area contributed by atoms with Crippen LogP contribution in [0.15, 0.2) is 42.5 Å². The maximum absolute atomic E-state index is 14.3. The summed E-state index contributed by atoms with van der Waals surface area (Å²) in [5, 5.41) is 8.98. The molecule has 1 heterocycles. The van der Waals surface area contributed by atoms with E-state index in [2.05, 4.69) is 0 Å². The largest absolute Gasteiger partial charge is 0.417 e. The second-order valence-corrected chi connectivity index (χ2v) is 8.85. The van der Waals surface area contributed by atoms with Crippen molar-refractivity contribution in [2.75, 3.05) is 23.1 Å². The minimum absolute atomic E-state index is 0.0654. The van der Waals surface area contributed by atoms with Crippen molar-refractivity contribution in [3.05, 3.63) is 59.2 Å². The van der Waals surface area contributed by atoms with Crippen LogP contribution < -0.4 is 15.5 Å². The van der Waals surface area contributed by atoms with Crippen molar-refractivity contribution < 1.29 is 39.7 Å². The lowest BCUT2D eigenvalue weighted by Gasteiger charge is -2.35. The number of amides is 1. The minimum atomic E-state index is -5.37. The topological polar surface area (TPSA) is 128 Å². The van der Waals surface area contributed by atoms with Crippen LogP contribution in [-0.4, -0.2) is 43.3 Å². The lowest BCUT2D eigenvalue weighted by atomic mass is 10.00. The molecule has 34 heavy (non-hydrogen) atoms. The smallest absolute Gasteiger partial charge is 0.326 e. The van der Waals surface area contributed by atoms with Crippen LogP contribution in [0.25, 0.3) is 0 Å². The van der Waals surface area contributed by atoms with Crippen LogP contribution in [0.5, 0.6) is 0 Å². The summed E-state index contributed by atoms with van der Waals surface area (Å²) in [6.07, 6.45) is -5.08. The average molecular weight is 504 g/mol. The number of hydrogen-bond acceptors (Lipinski definition) is 6. The van der Waals surface area contributed by atoms with Gasteiger partial charge in [0.05, 0.1) is 17.2 Å². The van der Waals surface area contributed by atoms with Gasteiger partial charge in [-0.3, -0.25) is 14.2 Å². The van der Waals surface area contributed by atoms with Crippen molar-refractivity contribution in [1.29, 1.82) is 5.26 Å². The summed E-state index contributed by atoms with van der Waals surface area (Å²) in [4.78, 5) is 13.9. The molecular weight excluding hydrogens is 487 g/mol. The van der Waals surface area contributed by atoms with Crippen molar-refractivity contribution in [2.24, 2.45) is 5.73 Å². The number of carbonyl (C=O) groups is 1. The first-order valence-electron chi connectivity index (χ1n) is 9.47. The van der Waals surface area contributed by atoms with Crippen LogP contribution in [-0.2, 0) is 27.6 Å². The van der Waals surface area contributed by atoms with Gasteiger partial charge in [-0.15, -0.1) is 0 Å². The van der Waals surface area contributed by atoms with Gasteiger partial charge in [-0.1, -0.05) is 12.1 Å². The number of rotatable bonds is 6. The third-order valence-electron chi connectivity index (χ3n) is 5.39. The molecule has 3 N–H and O–H groups in total. The van der Waals surface area contributed by atoms with Crippen molar-refractivity contribution >= 4 is 27.4 Å². The summed E-state index contributed by atoms with van der Waals surface area (Å²) in [6, 6.07) is 8.29. The summed E-state index contributed by atoms with van der Waals surface area (Å²) < 4.78 is 104. The number of alkyl halides is 5. The van der Waals surface area contributed by atoms with Gasteiger partial charge in [0.25, 0.3) is 5.91 Å². The highest BCUT2D eigenvalue weighted by atomic mass is 32.2. The molecule has 1 atom stereocenters. The summed E-state index contributed by atoms with van der Waals surface area (Å²) >= 11 is 0. The maximum atomic E-state index is 14.3. The summed E-state index contributed by atoms with van der Waals surface area (Å²) in [5.74, 6) is -1.54. The van der Waals surface area contributed by atoms with Gasteiger partial charge < -0.3 is 10.6 Å². The van der Waals surface area contributed by atoms with Crippen molar-refractivity contribution in [3.63, 3.8) is 0 Å². The lowest BCUT2D eigenvalue weighted by Crippen LogP contribution is -2.56. The molecule has 1 aliphatic heterocycles. The maximum Gasteiger partial charge on any atom is 0.417 e. The summed E-state index contributed by atoms with van der Waals surface area (Å²) in [5.41, 5.74) is -2.57. The van der Waals surface area contributed by atoms with E-state index < -0.39 is 63.4 Å². The van der Waals surface area contributed by atoms with Gasteiger partial charge in [0.1, 0.15) is 13.3 Å². The van der Waals surface area contributed by atoms with Gasteiger partial charge >= 0.3 is 16.3 Å². The predicted molar refractivity (Wildman–Crippen MR) is 110 cm³/mol. The van der Waals surface area contributed by atoms with Crippen LogP contribution >= 0.6 is 0 Å². The Morgan fingerprint density at radius 2 is 1.65 bits per heavy atom. The number of nitrogens with zero attached hydrogens (tertiary/aromatic N) is 3. The highest BCUT2D eigenvalue weighted by Gasteiger charge is 2.63. The molecule has 8 nitrogen and oxygen atoms in total. The second-order valence-electron chi connectivity index (χ2n) is 7.40. The van der Waals surface area contributed by atoms with Crippen molar-refractivity contribution in [2.45, 2.75) is 23.8 Å². The number of benzene rings is 2. The zero-order valence-corrected chi connectivity index (χ0v) is 17.9.